The molecule has 19 heavy (non-hydrogen) atoms. The third-order valence-electron chi connectivity index (χ3n) is 2.50. The lowest BCUT2D eigenvalue weighted by Gasteiger charge is -2.21. The van der Waals surface area contributed by atoms with Crippen LogP contribution in [0.4, 0.5) is 4.79 Å². The van der Waals surface area contributed by atoms with E-state index >= 15 is 0 Å². The van der Waals surface area contributed by atoms with Gasteiger partial charge in [0.05, 0.1) is 6.10 Å². The number of nitrogens with zero attached hydrogens (tertiary/aromatic N) is 1. The zero-order chi connectivity index (χ0) is 15.0. The second-order valence-electron chi connectivity index (χ2n) is 4.40. The first-order chi connectivity index (χ1) is 8.73. The molecule has 5 N–H and O–H groups in total. The summed E-state index contributed by atoms with van der Waals surface area (Å²) in [4.78, 5) is 34.5. The molecule has 0 spiro atoms. The maximum absolute atomic E-state index is 11.7. The Labute approximate surface area is 111 Å². The van der Waals surface area contributed by atoms with E-state index in [1.807, 2.05) is 0 Å². The minimum Gasteiger partial charge on any atom is -0.480 e. The molecule has 0 saturated carbocycles. The van der Waals surface area contributed by atoms with Gasteiger partial charge in [0.15, 0.2) is 0 Å². The monoisotopic (exact) mass is 275 g/mol. The van der Waals surface area contributed by atoms with E-state index < -0.39 is 30.1 Å². The van der Waals surface area contributed by atoms with Crippen LogP contribution >= 0.6 is 0 Å². The molecule has 8 heteroatoms. The fourth-order valence-electron chi connectivity index (χ4n) is 1.29. The van der Waals surface area contributed by atoms with Crippen LogP contribution in [0.3, 0.4) is 0 Å². The van der Waals surface area contributed by atoms with Gasteiger partial charge in [-0.15, -0.1) is 0 Å². The van der Waals surface area contributed by atoms with Crippen molar-refractivity contribution >= 4 is 17.9 Å². The van der Waals surface area contributed by atoms with E-state index in [1.165, 1.54) is 11.9 Å². The average molecular weight is 275 g/mol. The summed E-state index contributed by atoms with van der Waals surface area (Å²) in [6.45, 7) is 1.89. The van der Waals surface area contributed by atoms with Gasteiger partial charge in [0.1, 0.15) is 6.04 Å². The Morgan fingerprint density at radius 3 is 2.32 bits per heavy atom. The predicted octanol–water partition coefficient (Wildman–Crippen LogP) is -0.883. The Morgan fingerprint density at radius 1 is 1.32 bits per heavy atom. The highest BCUT2D eigenvalue weighted by atomic mass is 16.4. The highest BCUT2D eigenvalue weighted by Crippen LogP contribution is 2.00. The van der Waals surface area contributed by atoms with Gasteiger partial charge in [-0.3, -0.25) is 4.79 Å². The summed E-state index contributed by atoms with van der Waals surface area (Å²) in [6, 6.07) is -1.73. The Kier molecular flexibility index (Phi) is 7.50. The van der Waals surface area contributed by atoms with Crippen LogP contribution in [0.2, 0.25) is 0 Å². The first-order valence-corrected chi connectivity index (χ1v) is 5.94. The van der Waals surface area contributed by atoms with Gasteiger partial charge >= 0.3 is 12.0 Å². The van der Waals surface area contributed by atoms with Gasteiger partial charge in [-0.1, -0.05) is 0 Å². The number of urea groups is 1. The lowest BCUT2D eigenvalue weighted by molar-refractivity contribution is -0.139. The first kappa shape index (κ1) is 17.2. The molecule has 3 amide bonds. The number of aliphatic carboxylic acids is 1. The van der Waals surface area contributed by atoms with Crippen LogP contribution in [0, 0.1) is 0 Å². The van der Waals surface area contributed by atoms with E-state index in [0.717, 1.165) is 0 Å². The van der Waals surface area contributed by atoms with Crippen molar-refractivity contribution in [2.24, 2.45) is 5.73 Å². The molecule has 0 heterocycles. The van der Waals surface area contributed by atoms with Gasteiger partial charge in [0.2, 0.25) is 5.91 Å². The molecule has 0 aliphatic rings. The molecule has 0 bridgehead atoms. The summed E-state index contributed by atoms with van der Waals surface area (Å²) >= 11 is 0. The van der Waals surface area contributed by atoms with Crippen molar-refractivity contribution in [1.82, 2.24) is 10.2 Å². The van der Waals surface area contributed by atoms with Gasteiger partial charge in [0.25, 0.3) is 0 Å². The van der Waals surface area contributed by atoms with E-state index in [1.54, 1.807) is 6.92 Å². The molecule has 110 valence electrons. The summed E-state index contributed by atoms with van der Waals surface area (Å²) in [5.74, 6) is -1.85. The number of carboxylic acids is 1. The molecule has 2 atom stereocenters. The lowest BCUT2D eigenvalue weighted by Crippen LogP contribution is -2.47. The summed E-state index contributed by atoms with van der Waals surface area (Å²) in [5.41, 5.74) is 4.93. The molecule has 0 rings (SSSR count). The average Bonchev–Trinajstić information content (AvgIpc) is 2.30. The quantitative estimate of drug-likeness (QED) is 0.456. The molecule has 1 unspecified atom stereocenters. The van der Waals surface area contributed by atoms with Crippen molar-refractivity contribution in [2.75, 3.05) is 13.6 Å². The molecule has 0 radical (unpaired) electrons. The van der Waals surface area contributed by atoms with Crippen LogP contribution < -0.4 is 11.1 Å². The van der Waals surface area contributed by atoms with E-state index in [-0.39, 0.29) is 12.8 Å². The smallest absolute Gasteiger partial charge is 0.326 e. The second kappa shape index (κ2) is 8.30. The molecule has 0 aliphatic carbocycles. The Morgan fingerprint density at radius 2 is 1.89 bits per heavy atom. The van der Waals surface area contributed by atoms with Crippen LogP contribution in [0.1, 0.15) is 26.2 Å². The van der Waals surface area contributed by atoms with Crippen molar-refractivity contribution in [3.05, 3.63) is 0 Å². The fraction of sp³-hybridized carbons (Fsp3) is 0.727. The molecule has 0 aliphatic heterocycles. The third kappa shape index (κ3) is 7.98. The van der Waals surface area contributed by atoms with Crippen molar-refractivity contribution in [3.63, 3.8) is 0 Å². The number of primary amides is 1. The van der Waals surface area contributed by atoms with E-state index in [0.29, 0.717) is 13.0 Å². The van der Waals surface area contributed by atoms with Crippen molar-refractivity contribution in [1.29, 1.82) is 0 Å². The number of carbonyl (C=O) groups excluding carboxylic acids is 2. The molecule has 0 aromatic carbocycles. The van der Waals surface area contributed by atoms with Gasteiger partial charge in [-0.2, -0.15) is 0 Å². The highest BCUT2D eigenvalue weighted by molar-refractivity contribution is 5.83. The Bertz CT molecular complexity index is 332. The van der Waals surface area contributed by atoms with Crippen molar-refractivity contribution in [3.8, 4) is 0 Å². The second-order valence-corrected chi connectivity index (χ2v) is 4.40. The van der Waals surface area contributed by atoms with E-state index in [9.17, 15) is 14.4 Å². The first-order valence-electron chi connectivity index (χ1n) is 5.94. The zero-order valence-electron chi connectivity index (χ0n) is 11.1. The zero-order valence-corrected chi connectivity index (χ0v) is 11.1. The molecule has 0 fully saturated rings. The largest absolute Gasteiger partial charge is 0.480 e. The van der Waals surface area contributed by atoms with Gasteiger partial charge in [-0.05, 0) is 19.8 Å². The number of hydrogen-bond acceptors (Lipinski definition) is 4. The summed E-state index contributed by atoms with van der Waals surface area (Å²) in [5, 5.41) is 20.3. The number of aliphatic hydroxyl groups is 1. The standard InChI is InChI=1S/C11H21N3O5/c1-7(15)5-6-14(2)11(19)13-8(10(17)18)3-4-9(12)16/h7-8,15H,3-6H2,1-2H3,(H2,12,16)(H,13,19)(H,17,18)/t7?,8-/m0/s1. The summed E-state index contributed by atoms with van der Waals surface area (Å²) < 4.78 is 0. The van der Waals surface area contributed by atoms with Crippen LogP contribution in [-0.2, 0) is 9.59 Å². The molecule has 0 aromatic rings. The Balaban J connectivity index is 4.29. The Hall–Kier alpha value is -1.83. The van der Waals surface area contributed by atoms with Gasteiger partial charge in [0, 0.05) is 20.0 Å². The third-order valence-corrected chi connectivity index (χ3v) is 2.50. The number of aliphatic hydroxyl groups excluding tert-OH is 1. The lowest BCUT2D eigenvalue weighted by atomic mass is 10.1. The predicted molar refractivity (Wildman–Crippen MR) is 67.3 cm³/mol. The molecule has 0 aromatic heterocycles. The van der Waals surface area contributed by atoms with Gasteiger partial charge < -0.3 is 26.2 Å². The van der Waals surface area contributed by atoms with Crippen LogP contribution in [0.5, 0.6) is 0 Å². The topological polar surface area (TPSA) is 133 Å². The minimum absolute atomic E-state index is 0.0549. The highest BCUT2D eigenvalue weighted by Gasteiger charge is 2.22. The number of nitrogens with one attached hydrogen (secondary N) is 1. The van der Waals surface area contributed by atoms with E-state index in [2.05, 4.69) is 5.32 Å². The molecular formula is C11H21N3O5. The maximum atomic E-state index is 11.7. The fourth-order valence-corrected chi connectivity index (χ4v) is 1.29. The van der Waals surface area contributed by atoms with Crippen molar-refractivity contribution in [2.45, 2.75) is 38.3 Å². The number of rotatable bonds is 8. The number of hydrogen-bond donors (Lipinski definition) is 4. The van der Waals surface area contributed by atoms with Gasteiger partial charge in [-0.25, -0.2) is 9.59 Å². The minimum atomic E-state index is -1.22. The van der Waals surface area contributed by atoms with Crippen LogP contribution in [-0.4, -0.2) is 58.8 Å². The van der Waals surface area contributed by atoms with Crippen LogP contribution in [0.15, 0.2) is 0 Å². The maximum Gasteiger partial charge on any atom is 0.326 e. The van der Waals surface area contributed by atoms with Crippen LogP contribution in [0.25, 0.3) is 0 Å². The number of amides is 3. The number of nitrogens with two attached hydrogens (primary N) is 1. The molecular weight excluding hydrogens is 254 g/mol. The molecule has 0 saturated heterocycles. The van der Waals surface area contributed by atoms with Crippen molar-refractivity contribution < 1.29 is 24.6 Å². The SMILES string of the molecule is CC(O)CCN(C)C(=O)N[C@@H](CCC(N)=O)C(=O)O. The summed E-state index contributed by atoms with van der Waals surface area (Å²) in [6.07, 6.45) is -0.321. The summed E-state index contributed by atoms with van der Waals surface area (Å²) in [7, 11) is 1.49. The number of carbonyl (C=O) groups is 3. The normalized spacial score (nSPS) is 13.4. The number of carboxylic acid groups (broad SMARTS) is 1. The van der Waals surface area contributed by atoms with E-state index in [4.69, 9.17) is 15.9 Å². The molecule has 8 nitrogen and oxygen atoms in total.